The number of carbonyl (C=O) groups is 2. The lowest BCUT2D eigenvalue weighted by Gasteiger charge is -2.14. The summed E-state index contributed by atoms with van der Waals surface area (Å²) in [6.45, 7) is 5.58. The Kier molecular flexibility index (Phi) is 6.29. The van der Waals surface area contributed by atoms with Gasteiger partial charge >= 0.3 is 0 Å². The fourth-order valence-electron chi connectivity index (χ4n) is 4.39. The molecule has 4 aromatic rings. The molecule has 0 radical (unpaired) electrons. The first kappa shape index (κ1) is 22.7. The minimum atomic E-state index is -0.241. The van der Waals surface area contributed by atoms with Gasteiger partial charge in [0, 0.05) is 54.7 Å². The Morgan fingerprint density at radius 3 is 2.74 bits per heavy atom. The molecule has 1 aromatic carbocycles. The summed E-state index contributed by atoms with van der Waals surface area (Å²) in [6, 6.07) is 12.6. The Balaban J connectivity index is 1.41. The lowest BCUT2D eigenvalue weighted by molar-refractivity contribution is -0.125. The van der Waals surface area contributed by atoms with Crippen molar-refractivity contribution in [1.29, 1.82) is 0 Å². The number of carbonyl (C=O) groups excluding carboxylic acids is 2. The Hall–Kier alpha value is -4.04. The van der Waals surface area contributed by atoms with Gasteiger partial charge < -0.3 is 10.2 Å². The highest BCUT2D eigenvalue weighted by atomic mass is 35.5. The number of fused-ring (bicyclic) bond motifs is 1. The molecule has 1 aliphatic heterocycles. The van der Waals surface area contributed by atoms with Crippen LogP contribution in [0.5, 0.6) is 0 Å². The number of rotatable bonds is 6. The molecule has 1 N–H and O–H groups in total. The molecule has 1 unspecified atom stereocenters. The Morgan fingerprint density at radius 1 is 1.17 bits per heavy atom. The van der Waals surface area contributed by atoms with Crippen molar-refractivity contribution >= 4 is 40.1 Å². The summed E-state index contributed by atoms with van der Waals surface area (Å²) in [6.07, 6.45) is 7.23. The number of nitrogens with zero attached hydrogens (tertiary/aromatic N) is 5. The summed E-state index contributed by atoms with van der Waals surface area (Å²) in [5.74, 6) is 0.465. The zero-order valence-corrected chi connectivity index (χ0v) is 19.7. The van der Waals surface area contributed by atoms with Crippen LogP contribution in [0.15, 0.2) is 73.7 Å². The van der Waals surface area contributed by atoms with Crippen molar-refractivity contribution in [3.8, 4) is 11.3 Å². The highest BCUT2D eigenvalue weighted by molar-refractivity contribution is 6.35. The zero-order chi connectivity index (χ0) is 24.4. The van der Waals surface area contributed by atoms with Gasteiger partial charge in [0.15, 0.2) is 0 Å². The second-order valence-electron chi connectivity index (χ2n) is 8.44. The lowest BCUT2D eigenvalue weighted by Crippen LogP contribution is -2.27. The molecular formula is C26H23ClN6O2. The molecule has 0 saturated carbocycles. The molecule has 0 spiro atoms. The van der Waals surface area contributed by atoms with Crippen molar-refractivity contribution in [2.75, 3.05) is 18.4 Å². The fraction of sp³-hybridized carbons (Fsp3) is 0.192. The van der Waals surface area contributed by atoms with Crippen LogP contribution < -0.4 is 5.32 Å². The van der Waals surface area contributed by atoms with E-state index in [0.29, 0.717) is 36.0 Å². The van der Waals surface area contributed by atoms with E-state index in [4.69, 9.17) is 16.7 Å². The van der Waals surface area contributed by atoms with Crippen LogP contribution in [0.1, 0.15) is 16.8 Å². The van der Waals surface area contributed by atoms with Crippen molar-refractivity contribution in [2.24, 2.45) is 5.92 Å². The minimum absolute atomic E-state index is 0.0482. The maximum absolute atomic E-state index is 12.6. The van der Waals surface area contributed by atoms with Crippen LogP contribution in [0.25, 0.3) is 22.2 Å². The molecule has 4 heterocycles. The van der Waals surface area contributed by atoms with Gasteiger partial charge in [0.05, 0.1) is 10.5 Å². The topological polar surface area (TPSA) is 93.0 Å². The molecule has 1 atom stereocenters. The SMILES string of the molecule is C=CC(=O)N1CCC(Cn2nc(-c3ccc(C(=O)Nc4ccccn4)cc3)c3cncc(Cl)c32)C1. The van der Waals surface area contributed by atoms with Gasteiger partial charge in [-0.3, -0.25) is 19.3 Å². The quantitative estimate of drug-likeness (QED) is 0.407. The number of halogens is 1. The molecule has 1 saturated heterocycles. The molecule has 3 aromatic heterocycles. The summed E-state index contributed by atoms with van der Waals surface area (Å²) in [5.41, 5.74) is 2.91. The maximum Gasteiger partial charge on any atom is 0.256 e. The third kappa shape index (κ3) is 4.65. The minimum Gasteiger partial charge on any atom is -0.339 e. The zero-order valence-electron chi connectivity index (χ0n) is 18.9. The second kappa shape index (κ2) is 9.68. The van der Waals surface area contributed by atoms with Crippen LogP contribution in [-0.2, 0) is 11.3 Å². The number of likely N-dealkylation sites (tertiary alicyclic amines) is 1. The van der Waals surface area contributed by atoms with Crippen LogP contribution in [0.3, 0.4) is 0 Å². The van der Waals surface area contributed by atoms with Gasteiger partial charge in [0.25, 0.3) is 5.91 Å². The summed E-state index contributed by atoms with van der Waals surface area (Å²) in [7, 11) is 0. The predicted octanol–water partition coefficient (Wildman–Crippen LogP) is 4.43. The van der Waals surface area contributed by atoms with Gasteiger partial charge in [0.1, 0.15) is 11.5 Å². The average Bonchev–Trinajstić information content (AvgIpc) is 3.50. The average molecular weight is 487 g/mol. The first-order valence-corrected chi connectivity index (χ1v) is 11.7. The van der Waals surface area contributed by atoms with E-state index < -0.39 is 0 Å². The molecular weight excluding hydrogens is 464 g/mol. The number of benzene rings is 1. The lowest BCUT2D eigenvalue weighted by atomic mass is 10.1. The van der Waals surface area contributed by atoms with E-state index in [1.807, 2.05) is 27.8 Å². The van der Waals surface area contributed by atoms with Crippen molar-refractivity contribution in [3.05, 3.63) is 84.3 Å². The van der Waals surface area contributed by atoms with Gasteiger partial charge in [-0.2, -0.15) is 5.10 Å². The first-order chi connectivity index (χ1) is 17.0. The molecule has 5 rings (SSSR count). The molecule has 2 amide bonds. The Labute approximate surface area is 207 Å². The number of nitrogens with one attached hydrogen (secondary N) is 1. The van der Waals surface area contributed by atoms with Gasteiger partial charge in [-0.1, -0.05) is 36.4 Å². The number of pyridine rings is 2. The molecule has 0 aliphatic carbocycles. The Morgan fingerprint density at radius 2 is 2.00 bits per heavy atom. The normalized spacial score (nSPS) is 15.3. The number of hydrogen-bond donors (Lipinski definition) is 1. The molecule has 9 heteroatoms. The molecule has 176 valence electrons. The second-order valence-corrected chi connectivity index (χ2v) is 8.84. The third-order valence-electron chi connectivity index (χ3n) is 6.14. The number of amides is 2. The van der Waals surface area contributed by atoms with E-state index in [1.54, 1.807) is 42.9 Å². The van der Waals surface area contributed by atoms with Crippen LogP contribution >= 0.6 is 11.6 Å². The molecule has 8 nitrogen and oxygen atoms in total. The van der Waals surface area contributed by atoms with Crippen LogP contribution in [0.4, 0.5) is 5.82 Å². The van der Waals surface area contributed by atoms with Crippen LogP contribution in [0, 0.1) is 5.92 Å². The summed E-state index contributed by atoms with van der Waals surface area (Å²) in [5, 5.41) is 9.01. The largest absolute Gasteiger partial charge is 0.339 e. The smallest absolute Gasteiger partial charge is 0.256 e. The van der Waals surface area contributed by atoms with E-state index in [2.05, 4.69) is 21.9 Å². The van der Waals surface area contributed by atoms with Crippen LogP contribution in [0.2, 0.25) is 5.02 Å². The molecule has 35 heavy (non-hydrogen) atoms. The third-order valence-corrected chi connectivity index (χ3v) is 6.41. The molecule has 0 bridgehead atoms. The Bertz CT molecular complexity index is 1400. The van der Waals surface area contributed by atoms with Gasteiger partial charge in [-0.05, 0) is 42.7 Å². The van der Waals surface area contributed by atoms with Gasteiger partial charge in [-0.15, -0.1) is 0 Å². The van der Waals surface area contributed by atoms with Crippen molar-refractivity contribution in [1.82, 2.24) is 24.6 Å². The van der Waals surface area contributed by atoms with Crippen molar-refractivity contribution in [2.45, 2.75) is 13.0 Å². The fourth-order valence-corrected chi connectivity index (χ4v) is 4.65. The monoisotopic (exact) mass is 486 g/mol. The number of aromatic nitrogens is 4. The number of anilines is 1. The highest BCUT2D eigenvalue weighted by Crippen LogP contribution is 2.33. The van der Waals surface area contributed by atoms with E-state index in [-0.39, 0.29) is 17.7 Å². The maximum atomic E-state index is 12.6. The molecule has 1 fully saturated rings. The number of hydrogen-bond acceptors (Lipinski definition) is 5. The first-order valence-electron chi connectivity index (χ1n) is 11.3. The van der Waals surface area contributed by atoms with E-state index in [0.717, 1.165) is 28.6 Å². The highest BCUT2D eigenvalue weighted by Gasteiger charge is 2.27. The van der Waals surface area contributed by atoms with E-state index in [9.17, 15) is 9.59 Å². The van der Waals surface area contributed by atoms with Crippen molar-refractivity contribution < 1.29 is 9.59 Å². The standard InChI is InChI=1S/C26H23ClN6O2/c1-2-23(34)32-12-10-17(15-32)16-33-25-20(13-28-14-21(25)27)24(31-33)18-6-8-19(9-7-18)26(35)30-22-5-3-4-11-29-22/h2-9,11,13-14,17H,1,10,12,15-16H2,(H,29,30,35). The van der Waals surface area contributed by atoms with Gasteiger partial charge in [-0.25, -0.2) is 4.98 Å². The van der Waals surface area contributed by atoms with Crippen LogP contribution in [-0.4, -0.2) is 49.6 Å². The van der Waals surface area contributed by atoms with Crippen molar-refractivity contribution in [3.63, 3.8) is 0 Å². The predicted molar refractivity (Wildman–Crippen MR) is 135 cm³/mol. The van der Waals surface area contributed by atoms with Gasteiger partial charge in [0.2, 0.25) is 5.91 Å². The van der Waals surface area contributed by atoms with E-state index in [1.165, 1.54) is 6.08 Å². The summed E-state index contributed by atoms with van der Waals surface area (Å²) < 4.78 is 1.91. The summed E-state index contributed by atoms with van der Waals surface area (Å²) in [4.78, 5) is 34.7. The van der Waals surface area contributed by atoms with E-state index >= 15 is 0 Å². The summed E-state index contributed by atoms with van der Waals surface area (Å²) >= 11 is 6.53. The molecule has 1 aliphatic rings.